The molecular weight excluding hydrogens is 667 g/mol. The lowest BCUT2D eigenvalue weighted by molar-refractivity contribution is -0.0319. The van der Waals surface area contributed by atoms with Gasteiger partial charge >= 0.3 is 6.09 Å². The Morgan fingerprint density at radius 1 is 1.06 bits per heavy atom. The van der Waals surface area contributed by atoms with Crippen LogP contribution < -0.4 is 14.5 Å². The molecule has 6 rings (SSSR count). The van der Waals surface area contributed by atoms with E-state index in [4.69, 9.17) is 9.47 Å². The van der Waals surface area contributed by atoms with E-state index in [1.54, 1.807) is 12.1 Å². The summed E-state index contributed by atoms with van der Waals surface area (Å²) in [6, 6.07) is 6.93. The highest BCUT2D eigenvalue weighted by Crippen LogP contribution is 2.46. The minimum Gasteiger partial charge on any atom is -0.491 e. The van der Waals surface area contributed by atoms with Gasteiger partial charge in [0.2, 0.25) is 10.0 Å². The van der Waals surface area contributed by atoms with Gasteiger partial charge in [0.1, 0.15) is 23.4 Å². The van der Waals surface area contributed by atoms with Gasteiger partial charge in [-0.1, -0.05) is 6.07 Å². The number of rotatable bonds is 11. The number of carboxylic acid groups (broad SMARTS) is 1. The third kappa shape index (κ3) is 6.43. The van der Waals surface area contributed by atoms with Crippen LogP contribution in [0.15, 0.2) is 46.3 Å². The van der Waals surface area contributed by atoms with Crippen molar-refractivity contribution >= 4 is 37.5 Å². The number of carbonyl (C=O) groups is 1. The highest BCUT2D eigenvalue weighted by atomic mass is 32.2. The van der Waals surface area contributed by atoms with Crippen LogP contribution in [-0.4, -0.2) is 142 Å². The molecule has 2 aromatic rings. The quantitative estimate of drug-likeness (QED) is 0.300. The second-order valence-corrected chi connectivity index (χ2v) is 17.6. The summed E-state index contributed by atoms with van der Waals surface area (Å²) in [4.78, 5) is 22.0. The van der Waals surface area contributed by atoms with Crippen LogP contribution >= 0.6 is 0 Å². The molecule has 4 aliphatic rings. The van der Waals surface area contributed by atoms with Crippen LogP contribution in [0, 0.1) is 0 Å². The molecule has 17 heteroatoms. The molecule has 1 aromatic heterocycles. The molecule has 2 atom stereocenters. The van der Waals surface area contributed by atoms with E-state index in [1.807, 2.05) is 23.9 Å². The average molecular weight is 710 g/mol. The van der Waals surface area contributed by atoms with Crippen LogP contribution in [0.4, 0.5) is 16.3 Å². The number of aromatic nitrogens is 1. The number of sulfonamides is 1. The van der Waals surface area contributed by atoms with Crippen LogP contribution in [-0.2, 0) is 24.6 Å². The molecule has 3 aliphatic heterocycles. The fraction of sp³-hybridized carbons (Fsp3) is 0.613. The number of aliphatic hydroxyl groups excluding tert-OH is 2. The molecule has 1 aliphatic carbocycles. The molecule has 2 saturated heterocycles. The highest BCUT2D eigenvalue weighted by Gasteiger charge is 2.54. The van der Waals surface area contributed by atoms with Crippen LogP contribution in [0.1, 0.15) is 32.1 Å². The van der Waals surface area contributed by atoms with Crippen molar-refractivity contribution in [1.29, 1.82) is 0 Å². The Hall–Kier alpha value is -3.22. The van der Waals surface area contributed by atoms with E-state index < -0.39 is 55.1 Å². The number of sulfone groups is 1. The average Bonchev–Trinajstić information content (AvgIpc) is 3.80. The minimum absolute atomic E-state index is 0.0141. The number of anilines is 2. The molecule has 264 valence electrons. The maximum Gasteiger partial charge on any atom is 0.407 e. The summed E-state index contributed by atoms with van der Waals surface area (Å²) < 4.78 is 65.1. The van der Waals surface area contributed by atoms with Gasteiger partial charge in [0.25, 0.3) is 0 Å². The van der Waals surface area contributed by atoms with Crippen LogP contribution in [0.25, 0.3) is 0 Å². The fourth-order valence-corrected chi connectivity index (χ4v) is 10.1. The number of likely N-dealkylation sites (N-methyl/N-ethyl adjacent to an activating group) is 2. The summed E-state index contributed by atoms with van der Waals surface area (Å²) in [6.45, 7) is 1.06. The molecule has 15 nitrogen and oxygen atoms in total. The van der Waals surface area contributed by atoms with Crippen molar-refractivity contribution in [1.82, 2.24) is 14.2 Å². The predicted octanol–water partition coefficient (Wildman–Crippen LogP) is 0.998. The van der Waals surface area contributed by atoms with Gasteiger partial charge in [-0.15, -0.1) is 0 Å². The second-order valence-electron chi connectivity index (χ2n) is 13.3. The van der Waals surface area contributed by atoms with Crippen molar-refractivity contribution in [3.63, 3.8) is 0 Å². The Labute approximate surface area is 280 Å². The maximum absolute atomic E-state index is 13.6. The van der Waals surface area contributed by atoms with E-state index in [0.717, 1.165) is 29.5 Å². The molecule has 1 saturated carbocycles. The molecule has 2 unspecified atom stereocenters. The maximum atomic E-state index is 13.6. The van der Waals surface area contributed by atoms with E-state index in [1.165, 1.54) is 28.7 Å². The molecule has 1 aromatic carbocycles. The molecule has 3 N–H and O–H groups in total. The predicted molar refractivity (Wildman–Crippen MR) is 175 cm³/mol. The first kappa shape index (κ1) is 34.6. The Morgan fingerprint density at radius 2 is 1.77 bits per heavy atom. The molecule has 3 fully saturated rings. The number of hydrogen-bond acceptors (Lipinski definition) is 12. The first-order valence-corrected chi connectivity index (χ1v) is 19.0. The van der Waals surface area contributed by atoms with Crippen molar-refractivity contribution in [2.75, 3.05) is 76.4 Å². The van der Waals surface area contributed by atoms with E-state index in [-0.39, 0.29) is 48.4 Å². The molecule has 0 bridgehead atoms. The standard InChI is InChI=1S/C31H43N5O10S2/c1-33-12-13-34(2)28-27(33)15-26(17-32-28)48(43,44)35-10-8-30(9-11-35)16-22(19-46-30)36(29(39)40)18-23(38)20-45-24-4-3-5-25(14-24)47(41,42)31(21-37)6-7-31/h3-5,14-15,17,22-23,37-38H,6-13,16,18-21H2,1-2H3,(H,39,40). The van der Waals surface area contributed by atoms with Gasteiger partial charge in [-0.2, -0.15) is 4.31 Å². The number of fused-ring (bicyclic) bond motifs is 1. The number of ether oxygens (including phenoxy) is 2. The van der Waals surface area contributed by atoms with Crippen LogP contribution in [0.3, 0.4) is 0 Å². The molecule has 48 heavy (non-hydrogen) atoms. The third-order valence-corrected chi connectivity index (χ3v) is 14.6. The molecule has 0 radical (unpaired) electrons. The zero-order chi connectivity index (χ0) is 34.5. The molecule has 4 heterocycles. The number of nitrogens with zero attached hydrogens (tertiary/aromatic N) is 5. The Bertz CT molecular complexity index is 1750. The zero-order valence-corrected chi connectivity index (χ0v) is 28.7. The van der Waals surface area contributed by atoms with E-state index in [0.29, 0.717) is 32.1 Å². The Kier molecular flexibility index (Phi) is 9.32. The summed E-state index contributed by atoms with van der Waals surface area (Å²) in [7, 11) is -3.74. The van der Waals surface area contributed by atoms with Gasteiger partial charge in [-0.05, 0) is 56.4 Å². The normalized spacial score (nSPS) is 22.7. The second kappa shape index (κ2) is 12.9. The van der Waals surface area contributed by atoms with Crippen LogP contribution in [0.5, 0.6) is 5.75 Å². The minimum atomic E-state index is -3.81. The van der Waals surface area contributed by atoms with Crippen molar-refractivity contribution in [3.05, 3.63) is 36.5 Å². The zero-order valence-electron chi connectivity index (χ0n) is 27.1. The first-order valence-electron chi connectivity index (χ1n) is 16.0. The molecule has 1 spiro atoms. The first-order chi connectivity index (χ1) is 22.7. The summed E-state index contributed by atoms with van der Waals surface area (Å²) in [6.07, 6.45) is 0.836. The monoisotopic (exact) mass is 709 g/mol. The fourth-order valence-electron chi connectivity index (χ4n) is 6.81. The van der Waals surface area contributed by atoms with Crippen molar-refractivity contribution in [2.45, 2.75) is 64.4 Å². The van der Waals surface area contributed by atoms with E-state index in [9.17, 15) is 36.9 Å². The lowest BCUT2D eigenvalue weighted by Gasteiger charge is -2.38. The van der Waals surface area contributed by atoms with Gasteiger partial charge in [0.05, 0.1) is 46.7 Å². The van der Waals surface area contributed by atoms with Crippen molar-refractivity contribution in [3.8, 4) is 5.75 Å². The van der Waals surface area contributed by atoms with Crippen molar-refractivity contribution < 1.29 is 46.4 Å². The summed E-state index contributed by atoms with van der Waals surface area (Å²) in [5.74, 6) is 0.928. The smallest absolute Gasteiger partial charge is 0.407 e. The lowest BCUT2D eigenvalue weighted by Crippen LogP contribution is -2.48. The largest absolute Gasteiger partial charge is 0.491 e. The van der Waals surface area contributed by atoms with Crippen LogP contribution in [0.2, 0.25) is 0 Å². The molecular formula is C31H43N5O10S2. The van der Waals surface area contributed by atoms with Gasteiger partial charge in [-0.3, -0.25) is 0 Å². The summed E-state index contributed by atoms with van der Waals surface area (Å²) >= 11 is 0. The number of benzene rings is 1. The highest BCUT2D eigenvalue weighted by molar-refractivity contribution is 7.93. The lowest BCUT2D eigenvalue weighted by atomic mass is 9.88. The number of hydrogen-bond donors (Lipinski definition) is 3. The third-order valence-electron chi connectivity index (χ3n) is 10.1. The molecule has 1 amide bonds. The van der Waals surface area contributed by atoms with Gasteiger partial charge in [0, 0.05) is 46.5 Å². The number of piperidine rings is 1. The summed E-state index contributed by atoms with van der Waals surface area (Å²) in [5, 5.41) is 30.3. The van der Waals surface area contributed by atoms with Gasteiger partial charge in [0.15, 0.2) is 15.7 Å². The number of aliphatic hydroxyl groups is 2. The van der Waals surface area contributed by atoms with E-state index in [2.05, 4.69) is 4.98 Å². The van der Waals surface area contributed by atoms with E-state index >= 15 is 0 Å². The van der Waals surface area contributed by atoms with Gasteiger partial charge in [-0.25, -0.2) is 26.6 Å². The Balaban J connectivity index is 1.04. The Morgan fingerprint density at radius 3 is 2.44 bits per heavy atom. The number of amides is 1. The summed E-state index contributed by atoms with van der Waals surface area (Å²) in [5.41, 5.74) is 0.0649. The van der Waals surface area contributed by atoms with Gasteiger partial charge < -0.3 is 39.5 Å². The SMILES string of the molecule is CN1CCN(C)c2ncc(S(=O)(=O)N3CCC4(CC3)CC(N(CC(O)COc3cccc(S(=O)(=O)C5(CO)CC5)c3)C(=O)O)CO4)cc21. The topological polar surface area (TPSA) is 190 Å². The van der Waals surface area contributed by atoms with Crippen molar-refractivity contribution in [2.24, 2.45) is 0 Å². The number of pyridine rings is 1.